The Balaban J connectivity index is 0.000000775. The quantitative estimate of drug-likeness (QED) is 0.185. The van der Waals surface area contributed by atoms with Crippen molar-refractivity contribution < 1.29 is 31.3 Å². The van der Waals surface area contributed by atoms with Gasteiger partial charge in [-0.05, 0) is 61.0 Å². The number of nitrogens with one attached hydrogen (secondary N) is 1. The molecule has 0 spiro atoms. The van der Waals surface area contributed by atoms with Gasteiger partial charge in [0, 0.05) is 48.9 Å². The largest absolute Gasteiger partial charge is 0.454 e. The second-order valence-electron chi connectivity index (χ2n) is 10.4. The van der Waals surface area contributed by atoms with Crippen LogP contribution in [0.5, 0.6) is 11.5 Å². The highest BCUT2D eigenvalue weighted by molar-refractivity contribution is 7.85. The molecule has 0 atom stereocenters. The summed E-state index contributed by atoms with van der Waals surface area (Å²) in [5.74, 6) is -1.16. The Bertz CT molecular complexity index is 2230. The van der Waals surface area contributed by atoms with Crippen LogP contribution in [0.15, 0.2) is 78.0 Å². The zero-order valence-corrected chi connectivity index (χ0v) is 25.8. The molecule has 3 heterocycles. The van der Waals surface area contributed by atoms with E-state index in [1.807, 2.05) is 13.1 Å². The van der Waals surface area contributed by atoms with Crippen molar-refractivity contribution in [3.63, 3.8) is 0 Å². The molecule has 0 saturated heterocycles. The Morgan fingerprint density at radius 1 is 1.02 bits per heavy atom. The van der Waals surface area contributed by atoms with Gasteiger partial charge in [-0.3, -0.25) is 28.6 Å². The summed E-state index contributed by atoms with van der Waals surface area (Å²) in [6.07, 6.45) is 5.58. The maximum Gasteiger partial charge on any atom is 0.282 e. The minimum absolute atomic E-state index is 0.00733. The van der Waals surface area contributed by atoms with Gasteiger partial charge in [0.05, 0.1) is 29.9 Å². The normalized spacial score (nSPS) is 11.4. The molecule has 238 valence electrons. The van der Waals surface area contributed by atoms with Gasteiger partial charge in [0.25, 0.3) is 15.7 Å². The third-order valence-corrected chi connectivity index (χ3v) is 7.14. The molecule has 0 fully saturated rings. The second kappa shape index (κ2) is 12.5. The molecular formula is C31H28F2N6O6S. The lowest BCUT2D eigenvalue weighted by Crippen LogP contribution is -2.23. The van der Waals surface area contributed by atoms with E-state index in [0.717, 1.165) is 16.5 Å². The van der Waals surface area contributed by atoms with Crippen molar-refractivity contribution >= 4 is 26.8 Å². The molecule has 0 aliphatic rings. The first-order chi connectivity index (χ1) is 21.7. The first-order valence-electron chi connectivity index (χ1n) is 13.6. The number of ketones is 1. The summed E-state index contributed by atoms with van der Waals surface area (Å²) >= 11 is 0. The Morgan fingerprint density at radius 2 is 1.72 bits per heavy atom. The van der Waals surface area contributed by atoms with E-state index in [4.69, 9.17) is 9.29 Å². The summed E-state index contributed by atoms with van der Waals surface area (Å²) in [5.41, 5.74) is 3.05. The molecule has 0 aliphatic carbocycles. The highest BCUT2D eigenvalue weighted by atomic mass is 32.2. The molecule has 15 heteroatoms. The summed E-state index contributed by atoms with van der Waals surface area (Å²) in [6.45, 7) is 1.66. The Kier molecular flexibility index (Phi) is 8.72. The number of carbonyl (C=O) groups is 1. The SMILES string of the molecule is CS(=O)(=O)O.Cc1c(C(=O)Cc2ccc(Oc3cc4cnn(C)c4cc3-c3cn[nH]c3)c(F)c2)c(=O)n(-c2ccc(F)cc2)n1C. The van der Waals surface area contributed by atoms with E-state index in [1.54, 1.807) is 49.4 Å². The lowest BCUT2D eigenvalue weighted by molar-refractivity contribution is 0.0991. The first-order valence-corrected chi connectivity index (χ1v) is 15.5. The van der Waals surface area contributed by atoms with Crippen molar-refractivity contribution in [2.75, 3.05) is 6.26 Å². The van der Waals surface area contributed by atoms with Gasteiger partial charge in [-0.25, -0.2) is 13.5 Å². The van der Waals surface area contributed by atoms with Crippen LogP contribution in [0.3, 0.4) is 0 Å². The molecule has 3 aromatic carbocycles. The van der Waals surface area contributed by atoms with Gasteiger partial charge in [-0.2, -0.15) is 18.6 Å². The fraction of sp³-hybridized carbons (Fsp3) is 0.161. The number of halogens is 2. The zero-order valence-electron chi connectivity index (χ0n) is 25.0. The number of aromatic amines is 1. The molecule has 12 nitrogen and oxygen atoms in total. The van der Waals surface area contributed by atoms with Crippen LogP contribution in [0, 0.1) is 18.6 Å². The standard InChI is InChI=1S/C30H24F2N6O3.CH4O3S/c1-17-29(30(40)38(37(17)3)22-7-5-21(31)6-8-22)26(39)11-18-4-9-27(24(32)10-18)41-28-12-19-16-35-36(2)25(19)13-23(28)20-14-33-34-15-20;1-5(2,3)4/h4-10,12-16H,11H2,1-3H3,(H,33,34);1H3,(H,2,3,4). The summed E-state index contributed by atoms with van der Waals surface area (Å²) in [5, 5.41) is 11.9. The van der Waals surface area contributed by atoms with Crippen LogP contribution in [0.25, 0.3) is 27.7 Å². The number of Topliss-reactive ketones (excluding diaryl/α,β-unsaturated/α-hetero) is 1. The van der Waals surface area contributed by atoms with E-state index in [0.29, 0.717) is 34.5 Å². The molecule has 46 heavy (non-hydrogen) atoms. The van der Waals surface area contributed by atoms with E-state index >= 15 is 4.39 Å². The van der Waals surface area contributed by atoms with E-state index < -0.39 is 33.1 Å². The highest BCUT2D eigenvalue weighted by Gasteiger charge is 2.23. The Hall–Kier alpha value is -5.41. The smallest absolute Gasteiger partial charge is 0.282 e. The summed E-state index contributed by atoms with van der Waals surface area (Å²) < 4.78 is 65.1. The van der Waals surface area contributed by atoms with Crippen LogP contribution in [-0.2, 0) is 30.6 Å². The average Bonchev–Trinajstić information content (AvgIpc) is 3.69. The van der Waals surface area contributed by atoms with E-state index in [9.17, 15) is 22.4 Å². The molecule has 0 saturated carbocycles. The van der Waals surface area contributed by atoms with Crippen molar-refractivity contribution in [3.05, 3.63) is 112 Å². The van der Waals surface area contributed by atoms with Crippen molar-refractivity contribution in [1.82, 2.24) is 29.3 Å². The van der Waals surface area contributed by atoms with Crippen LogP contribution in [0.4, 0.5) is 8.78 Å². The predicted molar refractivity (Wildman–Crippen MR) is 166 cm³/mol. The van der Waals surface area contributed by atoms with Gasteiger partial charge in [0.1, 0.15) is 17.1 Å². The molecule has 0 unspecified atom stereocenters. The lowest BCUT2D eigenvalue weighted by Gasteiger charge is -2.12. The third-order valence-electron chi connectivity index (χ3n) is 7.14. The van der Waals surface area contributed by atoms with Crippen LogP contribution >= 0.6 is 0 Å². The second-order valence-corrected chi connectivity index (χ2v) is 11.9. The number of benzene rings is 3. The number of hydrogen-bond donors (Lipinski definition) is 2. The number of aryl methyl sites for hydroxylation is 1. The fourth-order valence-electron chi connectivity index (χ4n) is 4.92. The molecule has 0 aliphatic heterocycles. The summed E-state index contributed by atoms with van der Waals surface area (Å²) in [4.78, 5) is 26.4. The molecule has 2 N–H and O–H groups in total. The zero-order chi connectivity index (χ0) is 33.3. The summed E-state index contributed by atoms with van der Waals surface area (Å²) in [6, 6.07) is 13.4. The van der Waals surface area contributed by atoms with Crippen molar-refractivity contribution in [2.24, 2.45) is 14.1 Å². The third kappa shape index (κ3) is 6.79. The minimum Gasteiger partial charge on any atom is -0.454 e. The topological polar surface area (TPSA) is 154 Å². The van der Waals surface area contributed by atoms with Crippen molar-refractivity contribution in [1.29, 1.82) is 0 Å². The maximum absolute atomic E-state index is 15.3. The number of nitrogens with zero attached hydrogens (tertiary/aromatic N) is 5. The van der Waals surface area contributed by atoms with Crippen LogP contribution < -0.4 is 10.3 Å². The van der Waals surface area contributed by atoms with Crippen molar-refractivity contribution in [2.45, 2.75) is 13.3 Å². The highest BCUT2D eigenvalue weighted by Crippen LogP contribution is 2.37. The number of carbonyl (C=O) groups excluding carboxylic acids is 1. The number of fused-ring (bicyclic) bond motifs is 1. The van der Waals surface area contributed by atoms with Crippen LogP contribution in [0.2, 0.25) is 0 Å². The lowest BCUT2D eigenvalue weighted by atomic mass is 10.0. The molecule has 0 radical (unpaired) electrons. The van der Waals surface area contributed by atoms with E-state index in [2.05, 4.69) is 15.3 Å². The number of ether oxygens (including phenoxy) is 1. The molecule has 0 bridgehead atoms. The first kappa shape index (κ1) is 32.0. The Labute approximate surface area is 261 Å². The van der Waals surface area contributed by atoms with Gasteiger partial charge in [-0.15, -0.1) is 0 Å². The van der Waals surface area contributed by atoms with Crippen LogP contribution in [0.1, 0.15) is 21.6 Å². The van der Waals surface area contributed by atoms with E-state index in [-0.39, 0.29) is 17.7 Å². The number of H-pyrrole nitrogens is 1. The molecule has 6 rings (SSSR count). The number of rotatable bonds is 7. The minimum atomic E-state index is -3.67. The molecule has 3 aromatic heterocycles. The fourth-order valence-corrected chi connectivity index (χ4v) is 4.92. The molecule has 6 aromatic rings. The van der Waals surface area contributed by atoms with Gasteiger partial charge in [-0.1, -0.05) is 6.07 Å². The molecule has 0 amide bonds. The van der Waals surface area contributed by atoms with Gasteiger partial charge < -0.3 is 4.74 Å². The number of hydrogen-bond acceptors (Lipinski definition) is 7. The van der Waals surface area contributed by atoms with Crippen molar-refractivity contribution in [3.8, 4) is 28.3 Å². The number of aromatic nitrogens is 6. The van der Waals surface area contributed by atoms with Gasteiger partial charge in [0.15, 0.2) is 17.3 Å². The average molecular weight is 651 g/mol. The van der Waals surface area contributed by atoms with E-state index in [1.165, 1.54) is 45.8 Å². The van der Waals surface area contributed by atoms with Gasteiger partial charge in [0.2, 0.25) is 0 Å². The monoisotopic (exact) mass is 650 g/mol. The van der Waals surface area contributed by atoms with Crippen LogP contribution in [-0.4, -0.2) is 54.4 Å². The Morgan fingerprint density at radius 3 is 2.35 bits per heavy atom. The maximum atomic E-state index is 15.3. The summed E-state index contributed by atoms with van der Waals surface area (Å²) in [7, 11) is -0.194. The predicted octanol–water partition coefficient (Wildman–Crippen LogP) is 4.76. The van der Waals surface area contributed by atoms with Gasteiger partial charge >= 0.3 is 0 Å². The molecular weight excluding hydrogens is 622 g/mol.